The van der Waals surface area contributed by atoms with Gasteiger partial charge in [0.1, 0.15) is 23.3 Å². The minimum Gasteiger partial charge on any atom is -0.494 e. The number of ether oxygens (including phenoxy) is 1. The van der Waals surface area contributed by atoms with Gasteiger partial charge in [-0.2, -0.15) is 5.26 Å². The highest BCUT2D eigenvalue weighted by Crippen LogP contribution is 2.28. The highest BCUT2D eigenvalue weighted by atomic mass is 19.1. The lowest BCUT2D eigenvalue weighted by atomic mass is 10.1. The van der Waals surface area contributed by atoms with Crippen molar-refractivity contribution in [1.29, 1.82) is 5.26 Å². The fourth-order valence-electron chi connectivity index (χ4n) is 3.62. The molecule has 1 atom stereocenters. The molecule has 0 saturated carbocycles. The Balaban J connectivity index is 1.71. The monoisotopic (exact) mass is 443 g/mol. The molecule has 0 aliphatic carbocycles. The molecular weight excluding hydrogens is 421 g/mol. The number of nitrogens with one attached hydrogen (secondary N) is 1. The normalized spacial score (nSPS) is 11.6. The highest BCUT2D eigenvalue weighted by Gasteiger charge is 2.15. The quantitative estimate of drug-likeness (QED) is 0.466. The molecule has 0 radical (unpaired) electrons. The lowest BCUT2D eigenvalue weighted by Gasteiger charge is -2.18. The molecule has 4 aromatic rings. The molecule has 1 N–H and O–H groups in total. The fourth-order valence-corrected chi connectivity index (χ4v) is 3.62. The maximum absolute atomic E-state index is 13.3. The Labute approximate surface area is 190 Å². The highest BCUT2D eigenvalue weighted by molar-refractivity contribution is 5.65. The first kappa shape index (κ1) is 21.8. The van der Waals surface area contributed by atoms with E-state index in [2.05, 4.69) is 16.4 Å². The van der Waals surface area contributed by atoms with Crippen molar-refractivity contribution in [3.63, 3.8) is 0 Å². The molecule has 8 heteroatoms. The Morgan fingerprint density at radius 3 is 2.55 bits per heavy atom. The minimum atomic E-state index is -0.395. The summed E-state index contributed by atoms with van der Waals surface area (Å²) in [6, 6.07) is 14.6. The van der Waals surface area contributed by atoms with Crippen molar-refractivity contribution in [2.75, 3.05) is 12.4 Å². The lowest BCUT2D eigenvalue weighted by Crippen LogP contribution is -2.26. The third-order valence-electron chi connectivity index (χ3n) is 5.39. The van der Waals surface area contributed by atoms with Crippen LogP contribution in [0, 0.1) is 24.1 Å². The van der Waals surface area contributed by atoms with E-state index < -0.39 is 6.04 Å². The number of imidazole rings is 1. The van der Waals surface area contributed by atoms with Gasteiger partial charge >= 0.3 is 0 Å². The van der Waals surface area contributed by atoms with Crippen LogP contribution in [-0.2, 0) is 0 Å². The Hall–Kier alpha value is -4.38. The van der Waals surface area contributed by atoms with E-state index >= 15 is 0 Å². The van der Waals surface area contributed by atoms with E-state index in [4.69, 9.17) is 4.74 Å². The van der Waals surface area contributed by atoms with Crippen molar-refractivity contribution in [1.82, 2.24) is 14.1 Å². The smallest absolute Gasteiger partial charge is 0.274 e. The second-order valence-corrected chi connectivity index (χ2v) is 7.63. The standard InChI is InChI=1S/C25H22FN5O2/c1-16-13-30(15-28-16)23-9-8-21(11-24(23)33-3)29-22-10-18(12-27)14-31(25(22)32)17(2)19-4-6-20(26)7-5-19/h4-11,13-15,17,29H,1-3H3/t17-/m0/s1. The zero-order chi connectivity index (χ0) is 23.5. The third kappa shape index (κ3) is 4.48. The average molecular weight is 443 g/mol. The summed E-state index contributed by atoms with van der Waals surface area (Å²) in [5.74, 6) is 0.239. The van der Waals surface area contributed by atoms with E-state index in [-0.39, 0.29) is 17.1 Å². The van der Waals surface area contributed by atoms with Crippen LogP contribution < -0.4 is 15.6 Å². The molecule has 0 bridgehead atoms. The van der Waals surface area contributed by atoms with Gasteiger partial charge in [0.05, 0.1) is 36.4 Å². The Bertz CT molecular complexity index is 1400. The van der Waals surface area contributed by atoms with Crippen LogP contribution in [0.25, 0.3) is 5.69 Å². The van der Waals surface area contributed by atoms with Gasteiger partial charge in [0.25, 0.3) is 5.56 Å². The number of anilines is 2. The Morgan fingerprint density at radius 1 is 1.15 bits per heavy atom. The van der Waals surface area contributed by atoms with E-state index in [9.17, 15) is 14.4 Å². The molecule has 0 saturated heterocycles. The van der Waals surface area contributed by atoms with Crippen molar-refractivity contribution in [3.05, 3.63) is 100 Å². The first-order valence-electron chi connectivity index (χ1n) is 10.3. The van der Waals surface area contributed by atoms with Crippen LogP contribution in [-0.4, -0.2) is 21.2 Å². The van der Waals surface area contributed by atoms with Gasteiger partial charge in [-0.15, -0.1) is 0 Å². The molecule has 4 rings (SSSR count). The predicted molar refractivity (Wildman–Crippen MR) is 124 cm³/mol. The van der Waals surface area contributed by atoms with Crippen LogP contribution in [0.1, 0.15) is 29.8 Å². The molecule has 0 amide bonds. The number of benzene rings is 2. The van der Waals surface area contributed by atoms with Crippen LogP contribution in [0.2, 0.25) is 0 Å². The van der Waals surface area contributed by atoms with E-state index in [1.54, 1.807) is 31.6 Å². The van der Waals surface area contributed by atoms with Crippen LogP contribution in [0.4, 0.5) is 15.8 Å². The van der Waals surface area contributed by atoms with Crippen LogP contribution >= 0.6 is 0 Å². The third-order valence-corrected chi connectivity index (χ3v) is 5.39. The van der Waals surface area contributed by atoms with Gasteiger partial charge in [-0.1, -0.05) is 12.1 Å². The number of methoxy groups -OCH3 is 1. The van der Waals surface area contributed by atoms with E-state index in [0.29, 0.717) is 17.0 Å². The predicted octanol–water partition coefficient (Wildman–Crippen LogP) is 4.71. The molecule has 2 aromatic carbocycles. The van der Waals surface area contributed by atoms with Crippen molar-refractivity contribution < 1.29 is 9.13 Å². The molecule has 0 unspecified atom stereocenters. The zero-order valence-corrected chi connectivity index (χ0v) is 18.4. The van der Waals surface area contributed by atoms with Crippen molar-refractivity contribution in [2.45, 2.75) is 19.9 Å². The molecule has 0 aliphatic heterocycles. The molecule has 0 aliphatic rings. The Kier molecular flexibility index (Phi) is 5.96. The SMILES string of the molecule is COc1cc(Nc2cc(C#N)cn([C@@H](C)c3ccc(F)cc3)c2=O)ccc1-n1cnc(C)c1. The first-order valence-corrected chi connectivity index (χ1v) is 10.3. The van der Waals surface area contributed by atoms with Gasteiger partial charge in [0, 0.05) is 24.1 Å². The largest absolute Gasteiger partial charge is 0.494 e. The molecule has 7 nitrogen and oxygen atoms in total. The van der Waals surface area contributed by atoms with Gasteiger partial charge < -0.3 is 19.2 Å². The minimum absolute atomic E-state index is 0.247. The second kappa shape index (κ2) is 9.01. The van der Waals surface area contributed by atoms with E-state index in [1.165, 1.54) is 29.0 Å². The van der Waals surface area contributed by atoms with Gasteiger partial charge in [-0.05, 0) is 49.7 Å². The van der Waals surface area contributed by atoms with E-state index in [1.807, 2.05) is 36.7 Å². The van der Waals surface area contributed by atoms with Crippen LogP contribution in [0.5, 0.6) is 5.75 Å². The topological polar surface area (TPSA) is 84.9 Å². The summed E-state index contributed by atoms with van der Waals surface area (Å²) >= 11 is 0. The summed E-state index contributed by atoms with van der Waals surface area (Å²) in [5.41, 5.74) is 3.32. The fraction of sp³-hybridized carbons (Fsp3) is 0.160. The summed E-state index contributed by atoms with van der Waals surface area (Å²) in [6.07, 6.45) is 5.09. The summed E-state index contributed by atoms with van der Waals surface area (Å²) in [7, 11) is 1.57. The number of halogens is 1. The first-order chi connectivity index (χ1) is 15.9. The van der Waals surface area contributed by atoms with Gasteiger partial charge in [-0.3, -0.25) is 4.79 Å². The number of nitriles is 1. The van der Waals surface area contributed by atoms with Crippen molar-refractivity contribution in [2.24, 2.45) is 0 Å². The van der Waals surface area contributed by atoms with Gasteiger partial charge in [0.15, 0.2) is 0 Å². The van der Waals surface area contributed by atoms with Gasteiger partial charge in [-0.25, -0.2) is 9.37 Å². The summed E-state index contributed by atoms with van der Waals surface area (Å²) in [4.78, 5) is 17.5. The summed E-state index contributed by atoms with van der Waals surface area (Å²) < 4.78 is 22.2. The molecule has 2 heterocycles. The van der Waals surface area contributed by atoms with Crippen molar-refractivity contribution >= 4 is 11.4 Å². The van der Waals surface area contributed by atoms with Crippen LogP contribution in [0.3, 0.4) is 0 Å². The second-order valence-electron chi connectivity index (χ2n) is 7.63. The number of pyridine rings is 1. The molecule has 0 fully saturated rings. The maximum Gasteiger partial charge on any atom is 0.274 e. The van der Waals surface area contributed by atoms with Crippen molar-refractivity contribution in [3.8, 4) is 17.5 Å². The molecule has 0 spiro atoms. The number of rotatable bonds is 6. The molecule has 2 aromatic heterocycles. The molecular formula is C25H22FN5O2. The number of hydrogen-bond donors (Lipinski definition) is 1. The number of hydrogen-bond acceptors (Lipinski definition) is 5. The Morgan fingerprint density at radius 2 is 1.91 bits per heavy atom. The van der Waals surface area contributed by atoms with Gasteiger partial charge in [0.2, 0.25) is 0 Å². The summed E-state index contributed by atoms with van der Waals surface area (Å²) in [5, 5.41) is 12.6. The van der Waals surface area contributed by atoms with E-state index in [0.717, 1.165) is 16.9 Å². The molecule has 33 heavy (non-hydrogen) atoms. The maximum atomic E-state index is 13.3. The number of nitrogens with zero attached hydrogens (tertiary/aromatic N) is 4. The summed E-state index contributed by atoms with van der Waals surface area (Å²) in [6.45, 7) is 3.73. The zero-order valence-electron chi connectivity index (χ0n) is 18.4. The molecule has 166 valence electrons. The number of aromatic nitrogens is 3. The number of aryl methyl sites for hydroxylation is 1. The van der Waals surface area contributed by atoms with Crippen LogP contribution in [0.15, 0.2) is 72.0 Å². The lowest BCUT2D eigenvalue weighted by molar-refractivity contribution is 0.413. The average Bonchev–Trinajstić information content (AvgIpc) is 3.26.